The molecule has 0 amide bonds. The number of carbonyl (C=O) groups is 1. The highest BCUT2D eigenvalue weighted by molar-refractivity contribution is 5.92. The van der Waals surface area contributed by atoms with E-state index in [2.05, 4.69) is 15.4 Å². The molecule has 0 saturated carbocycles. The monoisotopic (exact) mass is 371 g/mol. The van der Waals surface area contributed by atoms with Gasteiger partial charge in [0, 0.05) is 17.8 Å². The zero-order valence-corrected chi connectivity index (χ0v) is 15.4. The summed E-state index contributed by atoms with van der Waals surface area (Å²) in [4.78, 5) is 27.7. The number of benzene rings is 1. The Kier molecular flexibility index (Phi) is 5.20. The fourth-order valence-corrected chi connectivity index (χ4v) is 3.16. The molecule has 3 rings (SSSR count). The Labute approximate surface area is 156 Å². The number of hydrogen-bond acceptors (Lipinski definition) is 7. The van der Waals surface area contributed by atoms with Crippen molar-refractivity contribution in [3.05, 3.63) is 57.0 Å². The largest absolute Gasteiger partial charge is 0.463 e. The predicted octanol–water partition coefficient (Wildman–Crippen LogP) is 3.13. The third-order valence-corrected chi connectivity index (χ3v) is 4.26. The lowest BCUT2D eigenvalue weighted by molar-refractivity contribution is -0.384. The molecular weight excluding hydrogens is 350 g/mol. The average Bonchev–Trinajstić information content (AvgIpc) is 3.00. The molecule has 0 aliphatic carbocycles. The number of nitrogens with zero attached hydrogens (tertiary/aromatic N) is 4. The van der Waals surface area contributed by atoms with Gasteiger partial charge in [0.2, 0.25) is 5.95 Å². The first-order chi connectivity index (χ1) is 13.0. The summed E-state index contributed by atoms with van der Waals surface area (Å²) in [5, 5.41) is 18.6. The van der Waals surface area contributed by atoms with Crippen molar-refractivity contribution in [2.75, 3.05) is 11.9 Å². The number of allylic oxidation sites excluding steroid dienone is 1. The van der Waals surface area contributed by atoms with E-state index in [0.29, 0.717) is 29.3 Å². The van der Waals surface area contributed by atoms with Gasteiger partial charge in [-0.3, -0.25) is 10.1 Å². The van der Waals surface area contributed by atoms with Crippen LogP contribution in [-0.4, -0.2) is 32.3 Å². The summed E-state index contributed by atoms with van der Waals surface area (Å²) < 4.78 is 6.91. The first-order valence-electron chi connectivity index (χ1n) is 8.80. The molecule has 9 nitrogen and oxygen atoms in total. The average molecular weight is 371 g/mol. The van der Waals surface area contributed by atoms with Crippen molar-refractivity contribution < 1.29 is 14.5 Å². The summed E-state index contributed by atoms with van der Waals surface area (Å²) in [6.45, 7) is 5.78. The number of esters is 1. The number of rotatable bonds is 6. The minimum Gasteiger partial charge on any atom is -0.463 e. The van der Waals surface area contributed by atoms with Gasteiger partial charge in [-0.1, -0.05) is 13.3 Å². The standard InChI is InChI=1S/C18H21N5O4/c1-4-6-14-15(17(24)27-5-2)16(22-18(20-14)19-11(3)21-22)12-7-9-13(10-8-12)23(25)26/h7-10,16H,4-6H2,1-3H3,(H,19,20,21)/t16-/m1/s1. The van der Waals surface area contributed by atoms with Gasteiger partial charge in [-0.05, 0) is 38.0 Å². The molecule has 27 heavy (non-hydrogen) atoms. The van der Waals surface area contributed by atoms with E-state index in [0.717, 1.165) is 12.1 Å². The number of carbonyl (C=O) groups excluding carboxylic acids is 1. The second kappa shape index (κ2) is 7.56. The highest BCUT2D eigenvalue weighted by Crippen LogP contribution is 2.37. The van der Waals surface area contributed by atoms with E-state index in [1.54, 1.807) is 30.7 Å². The molecule has 0 fully saturated rings. The van der Waals surface area contributed by atoms with Crippen LogP contribution in [0.2, 0.25) is 0 Å². The molecule has 2 heterocycles. The van der Waals surface area contributed by atoms with Crippen LogP contribution >= 0.6 is 0 Å². The number of aromatic nitrogens is 3. The highest BCUT2D eigenvalue weighted by Gasteiger charge is 2.35. The lowest BCUT2D eigenvalue weighted by atomic mass is 9.94. The molecule has 0 saturated heterocycles. The van der Waals surface area contributed by atoms with Gasteiger partial charge in [0.05, 0.1) is 17.1 Å². The van der Waals surface area contributed by atoms with E-state index in [1.807, 2.05) is 6.92 Å². The molecule has 9 heteroatoms. The molecule has 1 aromatic carbocycles. The lowest BCUT2D eigenvalue weighted by Crippen LogP contribution is -2.30. The summed E-state index contributed by atoms with van der Waals surface area (Å²) in [7, 11) is 0. The van der Waals surface area contributed by atoms with Crippen LogP contribution < -0.4 is 5.32 Å². The fourth-order valence-electron chi connectivity index (χ4n) is 3.16. The van der Waals surface area contributed by atoms with E-state index in [4.69, 9.17) is 4.74 Å². The number of nitro groups is 1. The number of nitrogens with one attached hydrogen (secondary N) is 1. The number of anilines is 1. The van der Waals surface area contributed by atoms with Crippen molar-refractivity contribution in [1.29, 1.82) is 0 Å². The van der Waals surface area contributed by atoms with E-state index < -0.39 is 16.9 Å². The summed E-state index contributed by atoms with van der Waals surface area (Å²) in [6.07, 6.45) is 1.47. The van der Waals surface area contributed by atoms with E-state index >= 15 is 0 Å². The Balaban J connectivity index is 2.17. The van der Waals surface area contributed by atoms with E-state index in [9.17, 15) is 14.9 Å². The minimum absolute atomic E-state index is 0.0156. The van der Waals surface area contributed by atoms with Gasteiger partial charge in [-0.15, -0.1) is 0 Å². The quantitative estimate of drug-likeness (QED) is 0.471. The maximum atomic E-state index is 12.8. The van der Waals surface area contributed by atoms with Crippen LogP contribution in [0.4, 0.5) is 11.6 Å². The smallest absolute Gasteiger partial charge is 0.338 e. The maximum absolute atomic E-state index is 12.8. The molecule has 1 aliphatic rings. The van der Waals surface area contributed by atoms with Crippen LogP contribution in [0.1, 0.15) is 44.1 Å². The maximum Gasteiger partial charge on any atom is 0.338 e. The van der Waals surface area contributed by atoms with Crippen LogP contribution in [-0.2, 0) is 9.53 Å². The predicted molar refractivity (Wildman–Crippen MR) is 98.2 cm³/mol. The van der Waals surface area contributed by atoms with Crippen molar-refractivity contribution in [3.8, 4) is 0 Å². The van der Waals surface area contributed by atoms with Crippen molar-refractivity contribution in [2.24, 2.45) is 0 Å². The summed E-state index contributed by atoms with van der Waals surface area (Å²) in [6, 6.07) is 5.55. The molecule has 2 aromatic rings. The second-order valence-corrected chi connectivity index (χ2v) is 6.17. The molecule has 0 bridgehead atoms. The lowest BCUT2D eigenvalue weighted by Gasteiger charge is -2.29. The van der Waals surface area contributed by atoms with Crippen LogP contribution in [0, 0.1) is 17.0 Å². The third kappa shape index (κ3) is 3.53. The topological polar surface area (TPSA) is 112 Å². The van der Waals surface area contributed by atoms with Gasteiger partial charge in [0.1, 0.15) is 11.9 Å². The number of nitro benzene ring substituents is 1. The van der Waals surface area contributed by atoms with Gasteiger partial charge >= 0.3 is 5.97 Å². The Hall–Kier alpha value is -3.23. The van der Waals surface area contributed by atoms with Gasteiger partial charge < -0.3 is 10.1 Å². The van der Waals surface area contributed by atoms with Gasteiger partial charge in [0.15, 0.2) is 0 Å². The normalized spacial score (nSPS) is 15.9. The Morgan fingerprint density at radius 3 is 2.63 bits per heavy atom. The van der Waals surface area contributed by atoms with Crippen molar-refractivity contribution in [3.63, 3.8) is 0 Å². The molecule has 0 unspecified atom stereocenters. The summed E-state index contributed by atoms with van der Waals surface area (Å²) in [5.74, 6) is 0.660. The highest BCUT2D eigenvalue weighted by atomic mass is 16.6. The van der Waals surface area contributed by atoms with Gasteiger partial charge in [0.25, 0.3) is 5.69 Å². The Bertz CT molecular complexity index is 901. The van der Waals surface area contributed by atoms with Gasteiger partial charge in [-0.2, -0.15) is 10.1 Å². The zero-order valence-electron chi connectivity index (χ0n) is 15.4. The van der Waals surface area contributed by atoms with Crippen molar-refractivity contribution in [1.82, 2.24) is 14.8 Å². The van der Waals surface area contributed by atoms with Crippen LogP contribution in [0.15, 0.2) is 35.5 Å². The Morgan fingerprint density at radius 2 is 2.04 bits per heavy atom. The van der Waals surface area contributed by atoms with Gasteiger partial charge in [-0.25, -0.2) is 9.48 Å². The molecular formula is C18H21N5O4. The summed E-state index contributed by atoms with van der Waals surface area (Å²) in [5.41, 5.74) is 1.87. The van der Waals surface area contributed by atoms with E-state index in [-0.39, 0.29) is 12.3 Å². The SMILES string of the molecule is CCCC1=C(C(=O)OCC)[C@@H](c2ccc([N+](=O)[O-])cc2)n2nc(C)nc2N1. The molecule has 1 N–H and O–H groups in total. The second-order valence-electron chi connectivity index (χ2n) is 6.17. The van der Waals surface area contributed by atoms with Crippen molar-refractivity contribution in [2.45, 2.75) is 39.7 Å². The molecule has 1 atom stereocenters. The molecule has 0 radical (unpaired) electrons. The molecule has 1 aliphatic heterocycles. The Morgan fingerprint density at radius 1 is 1.33 bits per heavy atom. The molecule has 1 aromatic heterocycles. The van der Waals surface area contributed by atoms with Crippen LogP contribution in [0.3, 0.4) is 0 Å². The molecule has 142 valence electrons. The number of fused-ring (bicyclic) bond motifs is 1. The fraction of sp³-hybridized carbons (Fsp3) is 0.389. The number of aryl methyl sites for hydroxylation is 1. The van der Waals surface area contributed by atoms with Crippen LogP contribution in [0.5, 0.6) is 0 Å². The summed E-state index contributed by atoms with van der Waals surface area (Å²) >= 11 is 0. The third-order valence-electron chi connectivity index (χ3n) is 4.26. The number of non-ortho nitro benzene ring substituents is 1. The number of ether oxygens (including phenoxy) is 1. The minimum atomic E-state index is -0.566. The van der Waals surface area contributed by atoms with E-state index in [1.165, 1.54) is 12.1 Å². The first kappa shape index (κ1) is 18.6. The number of hydrogen-bond donors (Lipinski definition) is 1. The zero-order chi connectivity index (χ0) is 19.6. The molecule has 0 spiro atoms. The van der Waals surface area contributed by atoms with Crippen LogP contribution in [0.25, 0.3) is 0 Å². The van der Waals surface area contributed by atoms with Crippen molar-refractivity contribution >= 4 is 17.6 Å². The first-order valence-corrected chi connectivity index (χ1v) is 8.80.